The van der Waals surface area contributed by atoms with Crippen molar-refractivity contribution in [3.63, 3.8) is 0 Å². The van der Waals surface area contributed by atoms with Gasteiger partial charge in [-0.3, -0.25) is 0 Å². The van der Waals surface area contributed by atoms with Gasteiger partial charge in [0.15, 0.2) is 0 Å². The Morgan fingerprint density at radius 2 is 1.04 bits per heavy atom. The second-order valence-corrected chi connectivity index (χ2v) is 9.43. The lowest BCUT2D eigenvalue weighted by molar-refractivity contribution is 0.0961. The third-order valence-corrected chi connectivity index (χ3v) is 7.40. The summed E-state index contributed by atoms with van der Waals surface area (Å²) in [6, 6.07) is 0. The predicted octanol–water partition coefficient (Wildman–Crippen LogP) is 9.07. The maximum Gasteiger partial charge on any atom is -0.0357 e. The molecule has 0 N–H and O–H groups in total. The fourth-order valence-corrected chi connectivity index (χ4v) is 5.85. The van der Waals surface area contributed by atoms with Crippen LogP contribution in [-0.2, 0) is 0 Å². The molecule has 2 aliphatic carbocycles. The minimum absolute atomic E-state index is 1.12. The molecule has 0 aromatic carbocycles. The number of hydrogen-bond acceptors (Lipinski definition) is 0. The number of rotatable bonds is 14. The minimum Gasteiger partial charge on any atom is -0.0654 e. The molecule has 0 amide bonds. The summed E-state index contributed by atoms with van der Waals surface area (Å²) in [4.78, 5) is 0. The van der Waals surface area contributed by atoms with Crippen molar-refractivity contribution in [3.8, 4) is 0 Å². The van der Waals surface area contributed by atoms with E-state index < -0.39 is 0 Å². The van der Waals surface area contributed by atoms with Gasteiger partial charge >= 0.3 is 0 Å². The third kappa shape index (κ3) is 8.96. The number of unbranched alkanes of at least 4 members (excludes halogenated alkanes) is 12. The van der Waals surface area contributed by atoms with Crippen molar-refractivity contribution in [2.45, 2.75) is 142 Å². The Morgan fingerprint density at radius 3 is 1.68 bits per heavy atom. The van der Waals surface area contributed by atoms with E-state index in [2.05, 4.69) is 6.92 Å². The second kappa shape index (κ2) is 14.1. The highest BCUT2D eigenvalue weighted by Crippen LogP contribution is 2.45. The van der Waals surface area contributed by atoms with E-state index in [-0.39, 0.29) is 0 Å². The Morgan fingerprint density at radius 1 is 0.520 bits per heavy atom. The normalized spacial score (nSPS) is 26.5. The molecular formula is C25H48. The van der Waals surface area contributed by atoms with E-state index in [1.807, 2.05) is 0 Å². The monoisotopic (exact) mass is 348 g/mol. The van der Waals surface area contributed by atoms with E-state index in [1.54, 1.807) is 38.5 Å². The SMILES string of the molecule is CCCCCCCCCCCCCCC[C@@H]1CCC[C@@H]2CCCC[C@H]12. The third-order valence-electron chi connectivity index (χ3n) is 7.40. The molecule has 0 unspecified atom stereocenters. The predicted molar refractivity (Wildman–Crippen MR) is 113 cm³/mol. The van der Waals surface area contributed by atoms with Gasteiger partial charge in [-0.1, -0.05) is 135 Å². The maximum absolute atomic E-state index is 2.31. The quantitative estimate of drug-likeness (QED) is 0.274. The topological polar surface area (TPSA) is 0 Å². The van der Waals surface area contributed by atoms with E-state index in [1.165, 1.54) is 96.3 Å². The van der Waals surface area contributed by atoms with Crippen molar-refractivity contribution in [1.29, 1.82) is 0 Å². The molecule has 0 heterocycles. The van der Waals surface area contributed by atoms with Gasteiger partial charge in [-0.25, -0.2) is 0 Å². The summed E-state index contributed by atoms with van der Waals surface area (Å²) in [5, 5.41) is 0. The van der Waals surface area contributed by atoms with E-state index in [0.717, 1.165) is 17.8 Å². The van der Waals surface area contributed by atoms with Gasteiger partial charge in [0.25, 0.3) is 0 Å². The standard InChI is InChI=1S/C25H48/c1-2-3-4-5-6-7-8-9-10-11-12-13-14-18-23-20-17-21-24-19-15-16-22-25(23)24/h23-25H,2-22H2,1H3/t23-,24+,25-/m1/s1. The summed E-state index contributed by atoms with van der Waals surface area (Å²) in [5.41, 5.74) is 0. The van der Waals surface area contributed by atoms with Gasteiger partial charge in [-0.05, 0) is 24.2 Å². The lowest BCUT2D eigenvalue weighted by atomic mass is 9.64. The van der Waals surface area contributed by atoms with Crippen LogP contribution in [0.25, 0.3) is 0 Å². The summed E-state index contributed by atoms with van der Waals surface area (Å²) in [7, 11) is 0. The van der Waals surface area contributed by atoms with E-state index in [4.69, 9.17) is 0 Å². The Balaban J connectivity index is 1.36. The van der Waals surface area contributed by atoms with Crippen LogP contribution in [-0.4, -0.2) is 0 Å². The average molecular weight is 349 g/mol. The summed E-state index contributed by atoms with van der Waals surface area (Å²) in [6.07, 6.45) is 31.8. The van der Waals surface area contributed by atoms with E-state index in [0.29, 0.717) is 0 Å². The molecule has 0 heteroatoms. The van der Waals surface area contributed by atoms with Crippen LogP contribution in [0.4, 0.5) is 0 Å². The molecule has 0 aromatic heterocycles. The van der Waals surface area contributed by atoms with Gasteiger partial charge in [0.2, 0.25) is 0 Å². The lowest BCUT2D eigenvalue weighted by Gasteiger charge is -2.41. The van der Waals surface area contributed by atoms with Crippen molar-refractivity contribution in [3.05, 3.63) is 0 Å². The molecular weight excluding hydrogens is 300 g/mol. The van der Waals surface area contributed by atoms with Crippen LogP contribution >= 0.6 is 0 Å². The molecule has 0 spiro atoms. The number of hydrogen-bond donors (Lipinski definition) is 0. The highest BCUT2D eigenvalue weighted by Gasteiger charge is 2.34. The van der Waals surface area contributed by atoms with Crippen LogP contribution in [0.15, 0.2) is 0 Å². The largest absolute Gasteiger partial charge is 0.0654 e. The molecule has 0 aliphatic heterocycles. The lowest BCUT2D eigenvalue weighted by Crippen LogP contribution is -2.30. The molecule has 0 saturated heterocycles. The highest BCUT2D eigenvalue weighted by molar-refractivity contribution is 4.85. The zero-order chi connectivity index (χ0) is 17.6. The minimum atomic E-state index is 1.12. The zero-order valence-electron chi connectivity index (χ0n) is 17.6. The van der Waals surface area contributed by atoms with Crippen LogP contribution in [0.1, 0.15) is 142 Å². The second-order valence-electron chi connectivity index (χ2n) is 9.43. The van der Waals surface area contributed by atoms with Crippen molar-refractivity contribution in [1.82, 2.24) is 0 Å². The zero-order valence-corrected chi connectivity index (χ0v) is 17.6. The van der Waals surface area contributed by atoms with Crippen LogP contribution in [0.3, 0.4) is 0 Å². The molecule has 25 heavy (non-hydrogen) atoms. The smallest absolute Gasteiger partial charge is 0.0357 e. The van der Waals surface area contributed by atoms with Gasteiger partial charge in [0.05, 0.1) is 0 Å². The molecule has 2 rings (SSSR count). The van der Waals surface area contributed by atoms with E-state index in [9.17, 15) is 0 Å². The maximum atomic E-state index is 2.31. The molecule has 0 aromatic rings. The van der Waals surface area contributed by atoms with Gasteiger partial charge in [-0.2, -0.15) is 0 Å². The van der Waals surface area contributed by atoms with Crippen molar-refractivity contribution >= 4 is 0 Å². The fourth-order valence-electron chi connectivity index (χ4n) is 5.85. The molecule has 0 bridgehead atoms. The van der Waals surface area contributed by atoms with Crippen molar-refractivity contribution in [2.75, 3.05) is 0 Å². The Hall–Kier alpha value is 0. The molecule has 2 saturated carbocycles. The first kappa shape index (κ1) is 21.3. The Labute approximate surface area is 159 Å². The van der Waals surface area contributed by atoms with Gasteiger partial charge in [0.1, 0.15) is 0 Å². The molecule has 2 fully saturated rings. The highest BCUT2D eigenvalue weighted by atomic mass is 14.4. The van der Waals surface area contributed by atoms with Crippen LogP contribution in [0.5, 0.6) is 0 Å². The number of fused-ring (bicyclic) bond motifs is 1. The van der Waals surface area contributed by atoms with Gasteiger partial charge in [-0.15, -0.1) is 0 Å². The van der Waals surface area contributed by atoms with Gasteiger partial charge < -0.3 is 0 Å². The summed E-state index contributed by atoms with van der Waals surface area (Å²) >= 11 is 0. The molecule has 2 aliphatic rings. The summed E-state index contributed by atoms with van der Waals surface area (Å²) < 4.78 is 0. The average Bonchev–Trinajstić information content (AvgIpc) is 2.65. The van der Waals surface area contributed by atoms with Crippen LogP contribution < -0.4 is 0 Å². The first-order valence-corrected chi connectivity index (χ1v) is 12.4. The first-order chi connectivity index (χ1) is 12.4. The van der Waals surface area contributed by atoms with Crippen LogP contribution in [0.2, 0.25) is 0 Å². The van der Waals surface area contributed by atoms with Crippen LogP contribution in [0, 0.1) is 17.8 Å². The van der Waals surface area contributed by atoms with Crippen molar-refractivity contribution in [2.24, 2.45) is 17.8 Å². The van der Waals surface area contributed by atoms with Crippen molar-refractivity contribution < 1.29 is 0 Å². The summed E-state index contributed by atoms with van der Waals surface area (Å²) in [5.74, 6) is 3.39. The first-order valence-electron chi connectivity index (χ1n) is 12.4. The Bertz CT molecular complexity index is 292. The molecule has 3 atom stereocenters. The fraction of sp³-hybridized carbons (Fsp3) is 1.00. The molecule has 0 radical (unpaired) electrons. The summed E-state index contributed by atoms with van der Waals surface area (Å²) in [6.45, 7) is 2.31. The van der Waals surface area contributed by atoms with Gasteiger partial charge in [0, 0.05) is 0 Å². The molecule has 148 valence electrons. The van der Waals surface area contributed by atoms with E-state index >= 15 is 0 Å². The Kier molecular flexibility index (Phi) is 12.0. The molecule has 0 nitrogen and oxygen atoms in total.